The molecule has 0 saturated heterocycles. The van der Waals surface area contributed by atoms with E-state index >= 15 is 0 Å². The zero-order valence-electron chi connectivity index (χ0n) is 6.35. The summed E-state index contributed by atoms with van der Waals surface area (Å²) in [6.07, 6.45) is 2.07. The van der Waals surface area contributed by atoms with E-state index in [2.05, 4.69) is 22.5 Å². The minimum atomic E-state index is -0.610. The van der Waals surface area contributed by atoms with E-state index in [1.807, 2.05) is 0 Å². The fourth-order valence-corrected chi connectivity index (χ4v) is 1.41. The molecule has 0 aromatic heterocycles. The summed E-state index contributed by atoms with van der Waals surface area (Å²) in [5.41, 5.74) is 0.539. The first-order chi connectivity index (χ1) is 5.65. The number of rotatable bonds is 2. The summed E-state index contributed by atoms with van der Waals surface area (Å²) in [6.45, 7) is 3.51. The summed E-state index contributed by atoms with van der Waals surface area (Å²) in [4.78, 5) is 0. The minimum absolute atomic E-state index is 0.293. The molecule has 0 saturated carbocycles. The zero-order chi connectivity index (χ0) is 9.14. The highest BCUT2D eigenvalue weighted by Crippen LogP contribution is 2.26. The molecule has 1 nitrogen and oxygen atoms in total. The molecule has 0 fully saturated rings. The highest BCUT2D eigenvalue weighted by atomic mass is 79.9. The van der Waals surface area contributed by atoms with Crippen molar-refractivity contribution in [3.8, 4) is 5.75 Å². The topological polar surface area (TPSA) is 20.2 Å². The van der Waals surface area contributed by atoms with Crippen LogP contribution in [0, 0.1) is 5.82 Å². The van der Waals surface area contributed by atoms with Gasteiger partial charge in [0.2, 0.25) is 0 Å². The maximum Gasteiger partial charge on any atom is 0.166 e. The second kappa shape index (κ2) is 3.72. The quantitative estimate of drug-likeness (QED) is 0.775. The Balaban J connectivity index is 3.17. The number of hydrogen-bond acceptors (Lipinski definition) is 1. The summed E-state index contributed by atoms with van der Waals surface area (Å²) >= 11 is 3.13. The third-order valence-electron chi connectivity index (χ3n) is 1.47. The van der Waals surface area contributed by atoms with Crippen molar-refractivity contribution in [2.24, 2.45) is 0 Å². The fraction of sp³-hybridized carbons (Fsp3) is 0.111. The molecule has 0 aliphatic carbocycles. The fourth-order valence-electron chi connectivity index (χ4n) is 0.930. The summed E-state index contributed by atoms with van der Waals surface area (Å²) in [7, 11) is 0. The molecule has 3 heteroatoms. The predicted molar refractivity (Wildman–Crippen MR) is 49.7 cm³/mol. The SMILES string of the molecule is C=CCc1cc(Br)cc(F)c1O. The van der Waals surface area contributed by atoms with Gasteiger partial charge in [-0.25, -0.2) is 4.39 Å². The average molecular weight is 231 g/mol. The van der Waals surface area contributed by atoms with Crippen molar-refractivity contribution in [1.82, 2.24) is 0 Å². The number of halogens is 2. The third-order valence-corrected chi connectivity index (χ3v) is 1.93. The Bertz CT molecular complexity index is 310. The van der Waals surface area contributed by atoms with Crippen LogP contribution >= 0.6 is 15.9 Å². The van der Waals surface area contributed by atoms with E-state index in [4.69, 9.17) is 0 Å². The van der Waals surface area contributed by atoms with Gasteiger partial charge in [0, 0.05) is 10.0 Å². The zero-order valence-corrected chi connectivity index (χ0v) is 7.94. The van der Waals surface area contributed by atoms with Crippen molar-refractivity contribution in [2.45, 2.75) is 6.42 Å². The van der Waals surface area contributed by atoms with Crippen molar-refractivity contribution in [3.05, 3.63) is 40.6 Å². The van der Waals surface area contributed by atoms with Crippen molar-refractivity contribution in [1.29, 1.82) is 0 Å². The molecule has 0 atom stereocenters. The van der Waals surface area contributed by atoms with Crippen LogP contribution in [0.4, 0.5) is 4.39 Å². The Morgan fingerprint density at radius 3 is 2.83 bits per heavy atom. The lowest BCUT2D eigenvalue weighted by atomic mass is 10.1. The number of hydrogen-bond donors (Lipinski definition) is 1. The number of benzene rings is 1. The lowest BCUT2D eigenvalue weighted by Crippen LogP contribution is -1.86. The molecule has 0 aliphatic heterocycles. The number of aromatic hydroxyl groups is 1. The van der Waals surface area contributed by atoms with Gasteiger partial charge >= 0.3 is 0 Å². The van der Waals surface area contributed by atoms with Gasteiger partial charge in [-0.05, 0) is 18.6 Å². The van der Waals surface area contributed by atoms with Gasteiger partial charge in [0.1, 0.15) is 0 Å². The van der Waals surface area contributed by atoms with Crippen LogP contribution < -0.4 is 0 Å². The van der Waals surface area contributed by atoms with E-state index < -0.39 is 5.82 Å². The second-order valence-electron chi connectivity index (χ2n) is 2.39. The first-order valence-corrected chi connectivity index (χ1v) is 4.22. The van der Waals surface area contributed by atoms with E-state index in [1.165, 1.54) is 6.07 Å². The number of allylic oxidation sites excluding steroid dienone is 1. The highest BCUT2D eigenvalue weighted by Gasteiger charge is 2.06. The second-order valence-corrected chi connectivity index (χ2v) is 3.30. The van der Waals surface area contributed by atoms with Crippen LogP contribution in [0.5, 0.6) is 5.75 Å². The molecule has 0 heterocycles. The van der Waals surface area contributed by atoms with Crippen LogP contribution in [-0.4, -0.2) is 5.11 Å². The van der Waals surface area contributed by atoms with Gasteiger partial charge in [-0.3, -0.25) is 0 Å². The van der Waals surface area contributed by atoms with Gasteiger partial charge in [-0.1, -0.05) is 22.0 Å². The molecule has 64 valence electrons. The van der Waals surface area contributed by atoms with Crippen molar-refractivity contribution in [3.63, 3.8) is 0 Å². The van der Waals surface area contributed by atoms with Crippen molar-refractivity contribution >= 4 is 15.9 Å². The Hall–Kier alpha value is -0.830. The normalized spacial score (nSPS) is 9.83. The van der Waals surface area contributed by atoms with Crippen LogP contribution in [-0.2, 0) is 6.42 Å². The molecular formula is C9H8BrFO. The Morgan fingerprint density at radius 2 is 2.25 bits per heavy atom. The van der Waals surface area contributed by atoms with E-state index in [0.717, 1.165) is 0 Å². The molecule has 0 spiro atoms. The molecule has 1 aromatic rings. The van der Waals surface area contributed by atoms with Gasteiger partial charge in [0.15, 0.2) is 11.6 Å². The molecule has 0 radical (unpaired) electrons. The van der Waals surface area contributed by atoms with Crippen LogP contribution in [0.15, 0.2) is 29.3 Å². The standard InChI is InChI=1S/C9H8BrFO/c1-2-3-6-4-7(10)5-8(11)9(6)12/h2,4-5,12H,1,3H2. The molecule has 12 heavy (non-hydrogen) atoms. The van der Waals surface area contributed by atoms with Crippen LogP contribution in [0.25, 0.3) is 0 Å². The maximum absolute atomic E-state index is 12.8. The van der Waals surface area contributed by atoms with E-state index in [-0.39, 0.29) is 5.75 Å². The summed E-state index contributed by atoms with van der Waals surface area (Å²) in [5, 5.41) is 9.21. The first kappa shape index (κ1) is 9.26. The number of phenolic OH excluding ortho intramolecular Hbond substituents is 1. The summed E-state index contributed by atoms with van der Waals surface area (Å²) in [6, 6.07) is 2.89. The third kappa shape index (κ3) is 1.85. The van der Waals surface area contributed by atoms with Gasteiger partial charge < -0.3 is 5.11 Å². The molecule has 0 unspecified atom stereocenters. The molecule has 1 rings (SSSR count). The molecular weight excluding hydrogens is 223 g/mol. The summed E-state index contributed by atoms with van der Waals surface area (Å²) < 4.78 is 13.5. The first-order valence-electron chi connectivity index (χ1n) is 3.43. The molecule has 1 N–H and O–H groups in total. The maximum atomic E-state index is 12.8. The van der Waals surface area contributed by atoms with Crippen molar-refractivity contribution < 1.29 is 9.50 Å². The number of phenols is 1. The predicted octanol–water partition coefficient (Wildman–Crippen LogP) is 3.02. The van der Waals surface area contributed by atoms with Crippen molar-refractivity contribution in [2.75, 3.05) is 0 Å². The summed E-state index contributed by atoms with van der Waals surface area (Å²) in [5.74, 6) is -0.903. The molecule has 0 amide bonds. The van der Waals surface area contributed by atoms with E-state index in [1.54, 1.807) is 12.1 Å². The lowest BCUT2D eigenvalue weighted by molar-refractivity contribution is 0.427. The van der Waals surface area contributed by atoms with Gasteiger partial charge in [-0.2, -0.15) is 0 Å². The van der Waals surface area contributed by atoms with E-state index in [9.17, 15) is 9.50 Å². The van der Waals surface area contributed by atoms with Crippen LogP contribution in [0.1, 0.15) is 5.56 Å². The van der Waals surface area contributed by atoms with E-state index in [0.29, 0.717) is 16.5 Å². The highest BCUT2D eigenvalue weighted by molar-refractivity contribution is 9.10. The Morgan fingerprint density at radius 1 is 1.58 bits per heavy atom. The largest absolute Gasteiger partial charge is 0.505 e. The Kier molecular flexibility index (Phi) is 2.87. The van der Waals surface area contributed by atoms with Crippen LogP contribution in [0.2, 0.25) is 0 Å². The lowest BCUT2D eigenvalue weighted by Gasteiger charge is -2.03. The van der Waals surface area contributed by atoms with Crippen LogP contribution in [0.3, 0.4) is 0 Å². The molecule has 1 aromatic carbocycles. The average Bonchev–Trinajstić information content (AvgIpc) is 2.00. The van der Waals surface area contributed by atoms with Gasteiger partial charge in [-0.15, -0.1) is 6.58 Å². The smallest absolute Gasteiger partial charge is 0.166 e. The van der Waals surface area contributed by atoms with Gasteiger partial charge in [0.25, 0.3) is 0 Å². The van der Waals surface area contributed by atoms with Gasteiger partial charge in [0.05, 0.1) is 0 Å². The Labute approximate surface area is 78.7 Å². The monoisotopic (exact) mass is 230 g/mol. The molecule has 0 bridgehead atoms. The minimum Gasteiger partial charge on any atom is -0.505 e. The molecule has 0 aliphatic rings.